The number of fused-ring (bicyclic) bond motifs is 1. The third-order valence-electron chi connectivity index (χ3n) is 5.63. The summed E-state index contributed by atoms with van der Waals surface area (Å²) in [5.74, 6) is -2.95. The Balaban J connectivity index is 1.85. The van der Waals surface area contributed by atoms with Crippen LogP contribution in [0, 0.1) is 0 Å². The zero-order valence-corrected chi connectivity index (χ0v) is 18.8. The minimum Gasteiger partial charge on any atom is -0.507 e. The lowest BCUT2D eigenvalue weighted by atomic mass is 9.99. The second-order valence-corrected chi connectivity index (χ2v) is 7.81. The van der Waals surface area contributed by atoms with Gasteiger partial charge in [0.15, 0.2) is 22.9 Å². The highest BCUT2D eigenvalue weighted by molar-refractivity contribution is 5.92. The number of carboxylic acids is 1. The Morgan fingerprint density at radius 3 is 2.31 bits per heavy atom. The molecule has 0 bridgehead atoms. The van der Waals surface area contributed by atoms with Gasteiger partial charge in [0.25, 0.3) is 0 Å². The molecule has 5 unspecified atom stereocenters. The summed E-state index contributed by atoms with van der Waals surface area (Å²) in [6.45, 7) is 0. The molecule has 3 aromatic rings. The molecule has 1 aliphatic heterocycles. The SMILES string of the molecule is COc1cc(O)c2c(=O)cc(-c3c(O)cccc3OC3OC(C(=O)O)C(O)C(O)C3O)oc2c1OC. The van der Waals surface area contributed by atoms with Crippen molar-refractivity contribution in [3.8, 4) is 40.1 Å². The standard InChI is InChI=1S/C23H22O13/c1-32-13-7-10(26)14-9(25)6-12(34-20(14)19(13)33-2)15-8(24)4-3-5-11(15)35-23-18(29)16(27)17(28)21(36-23)22(30)31/h3-7,16-18,21,23-24,26-29H,1-2H3,(H,30,31). The predicted molar refractivity (Wildman–Crippen MR) is 119 cm³/mol. The zero-order valence-electron chi connectivity index (χ0n) is 18.8. The second kappa shape index (κ2) is 9.54. The van der Waals surface area contributed by atoms with Gasteiger partial charge in [-0.2, -0.15) is 0 Å². The van der Waals surface area contributed by atoms with Crippen molar-refractivity contribution < 1.29 is 58.8 Å². The molecule has 5 atom stereocenters. The van der Waals surface area contributed by atoms with Crippen molar-refractivity contribution in [2.75, 3.05) is 14.2 Å². The highest BCUT2D eigenvalue weighted by atomic mass is 16.7. The maximum Gasteiger partial charge on any atom is 0.335 e. The summed E-state index contributed by atoms with van der Waals surface area (Å²) in [6.07, 6.45) is -9.46. The summed E-state index contributed by atoms with van der Waals surface area (Å²) in [7, 11) is 2.60. The first kappa shape index (κ1) is 25.1. The van der Waals surface area contributed by atoms with Crippen LogP contribution in [0.3, 0.4) is 0 Å². The van der Waals surface area contributed by atoms with Gasteiger partial charge in [-0.05, 0) is 12.1 Å². The topological polar surface area (TPSA) is 206 Å². The molecular formula is C23H22O13. The third kappa shape index (κ3) is 4.13. The Hall–Kier alpha value is -4.04. The quantitative estimate of drug-likeness (QED) is 0.264. The van der Waals surface area contributed by atoms with Gasteiger partial charge in [0.05, 0.1) is 14.2 Å². The van der Waals surface area contributed by atoms with Gasteiger partial charge in [-0.15, -0.1) is 0 Å². The van der Waals surface area contributed by atoms with Crippen LogP contribution in [0.2, 0.25) is 0 Å². The van der Waals surface area contributed by atoms with Crippen molar-refractivity contribution >= 4 is 16.9 Å². The highest BCUT2D eigenvalue weighted by Gasteiger charge is 2.48. The largest absolute Gasteiger partial charge is 0.507 e. The Morgan fingerprint density at radius 1 is 0.944 bits per heavy atom. The minimum absolute atomic E-state index is 0.0189. The number of benzene rings is 2. The number of ether oxygens (including phenoxy) is 4. The zero-order chi connectivity index (χ0) is 26.3. The van der Waals surface area contributed by atoms with E-state index in [0.29, 0.717) is 0 Å². The van der Waals surface area contributed by atoms with Crippen LogP contribution in [-0.2, 0) is 9.53 Å². The maximum atomic E-state index is 12.9. The number of aliphatic carboxylic acids is 1. The maximum absolute atomic E-state index is 12.9. The average Bonchev–Trinajstić information content (AvgIpc) is 2.83. The number of phenolic OH excluding ortho intramolecular Hbond substituents is 2. The molecule has 13 nitrogen and oxygen atoms in total. The van der Waals surface area contributed by atoms with E-state index in [4.69, 9.17) is 23.4 Å². The van der Waals surface area contributed by atoms with Crippen molar-refractivity contribution in [2.45, 2.75) is 30.7 Å². The van der Waals surface area contributed by atoms with Gasteiger partial charge in [0.1, 0.15) is 52.3 Å². The number of phenols is 2. The number of methoxy groups -OCH3 is 2. The van der Waals surface area contributed by atoms with E-state index < -0.39 is 53.6 Å². The molecule has 1 saturated heterocycles. The molecule has 1 aromatic heterocycles. The van der Waals surface area contributed by atoms with Crippen LogP contribution < -0.4 is 19.6 Å². The molecule has 0 amide bonds. The molecule has 0 saturated carbocycles. The fourth-order valence-corrected chi connectivity index (χ4v) is 3.88. The Bertz CT molecular complexity index is 1360. The molecule has 1 fully saturated rings. The Labute approximate surface area is 201 Å². The van der Waals surface area contributed by atoms with E-state index in [0.717, 1.165) is 6.07 Å². The van der Waals surface area contributed by atoms with Crippen LogP contribution in [0.1, 0.15) is 0 Å². The molecule has 4 rings (SSSR count). The molecule has 2 heterocycles. The van der Waals surface area contributed by atoms with Gasteiger partial charge < -0.3 is 54.0 Å². The van der Waals surface area contributed by atoms with Crippen LogP contribution in [0.5, 0.6) is 28.7 Å². The first-order chi connectivity index (χ1) is 17.1. The van der Waals surface area contributed by atoms with E-state index in [9.17, 15) is 40.2 Å². The number of carboxylic acid groups (broad SMARTS) is 1. The lowest BCUT2D eigenvalue weighted by molar-refractivity contribution is -0.271. The Kier molecular flexibility index (Phi) is 6.65. The number of aliphatic hydroxyl groups excluding tert-OH is 3. The second-order valence-electron chi connectivity index (χ2n) is 7.81. The molecule has 13 heteroatoms. The van der Waals surface area contributed by atoms with E-state index >= 15 is 0 Å². The molecule has 2 aromatic carbocycles. The number of aromatic hydroxyl groups is 2. The monoisotopic (exact) mass is 506 g/mol. The predicted octanol–water partition coefficient (Wildman–Crippen LogP) is 0.159. The van der Waals surface area contributed by atoms with Crippen LogP contribution in [0.4, 0.5) is 0 Å². The fraction of sp³-hybridized carbons (Fsp3) is 0.304. The number of carbonyl (C=O) groups is 1. The van der Waals surface area contributed by atoms with Gasteiger partial charge in [-0.25, -0.2) is 4.79 Å². The van der Waals surface area contributed by atoms with Gasteiger partial charge >= 0.3 is 5.97 Å². The molecule has 0 radical (unpaired) electrons. The van der Waals surface area contributed by atoms with Crippen molar-refractivity contribution in [1.82, 2.24) is 0 Å². The van der Waals surface area contributed by atoms with Crippen molar-refractivity contribution in [1.29, 1.82) is 0 Å². The average molecular weight is 506 g/mol. The number of hydrogen-bond donors (Lipinski definition) is 6. The summed E-state index contributed by atoms with van der Waals surface area (Å²) < 4.78 is 27.0. The van der Waals surface area contributed by atoms with E-state index in [-0.39, 0.29) is 39.5 Å². The van der Waals surface area contributed by atoms with Gasteiger partial charge in [-0.1, -0.05) is 6.07 Å². The number of hydrogen-bond acceptors (Lipinski definition) is 12. The first-order valence-corrected chi connectivity index (χ1v) is 10.4. The molecule has 0 spiro atoms. The van der Waals surface area contributed by atoms with Crippen molar-refractivity contribution in [2.24, 2.45) is 0 Å². The van der Waals surface area contributed by atoms with E-state index in [2.05, 4.69) is 0 Å². The molecule has 1 aliphatic rings. The van der Waals surface area contributed by atoms with Crippen molar-refractivity contribution in [3.05, 3.63) is 40.6 Å². The van der Waals surface area contributed by atoms with Gasteiger partial charge in [0, 0.05) is 12.1 Å². The molecule has 36 heavy (non-hydrogen) atoms. The normalized spacial score (nSPS) is 23.9. The van der Waals surface area contributed by atoms with Crippen LogP contribution in [0.25, 0.3) is 22.3 Å². The summed E-state index contributed by atoms with van der Waals surface area (Å²) in [5, 5.41) is 60.2. The van der Waals surface area contributed by atoms with Gasteiger partial charge in [0.2, 0.25) is 12.0 Å². The third-order valence-corrected chi connectivity index (χ3v) is 5.63. The minimum atomic E-state index is -1.94. The lowest BCUT2D eigenvalue weighted by Crippen LogP contribution is -2.61. The van der Waals surface area contributed by atoms with E-state index in [1.807, 2.05) is 0 Å². The molecule has 0 aliphatic carbocycles. The smallest absolute Gasteiger partial charge is 0.335 e. The van der Waals surface area contributed by atoms with E-state index in [1.54, 1.807) is 0 Å². The number of aliphatic hydroxyl groups is 3. The Morgan fingerprint density at radius 2 is 1.67 bits per heavy atom. The van der Waals surface area contributed by atoms with Gasteiger partial charge in [-0.3, -0.25) is 4.79 Å². The molecule has 192 valence electrons. The first-order valence-electron chi connectivity index (χ1n) is 10.4. The highest BCUT2D eigenvalue weighted by Crippen LogP contribution is 2.44. The van der Waals surface area contributed by atoms with Crippen LogP contribution >= 0.6 is 0 Å². The van der Waals surface area contributed by atoms with Crippen LogP contribution in [0.15, 0.2) is 39.5 Å². The van der Waals surface area contributed by atoms with Crippen LogP contribution in [-0.4, -0.2) is 81.5 Å². The summed E-state index contributed by atoms with van der Waals surface area (Å²) >= 11 is 0. The summed E-state index contributed by atoms with van der Waals surface area (Å²) in [4.78, 5) is 24.3. The van der Waals surface area contributed by atoms with Crippen molar-refractivity contribution in [3.63, 3.8) is 0 Å². The fourth-order valence-electron chi connectivity index (χ4n) is 3.88. The van der Waals surface area contributed by atoms with E-state index in [1.165, 1.54) is 38.5 Å². The number of rotatable bonds is 6. The molecule has 6 N–H and O–H groups in total. The summed E-state index contributed by atoms with van der Waals surface area (Å²) in [5.41, 5.74) is -1.12. The molecular weight excluding hydrogens is 484 g/mol. The lowest BCUT2D eigenvalue weighted by Gasteiger charge is -2.38. The summed E-state index contributed by atoms with van der Waals surface area (Å²) in [6, 6.07) is 6.02.